The lowest BCUT2D eigenvalue weighted by Crippen LogP contribution is -2.06. The van der Waals surface area contributed by atoms with E-state index in [1.165, 1.54) is 0 Å². The minimum Gasteiger partial charge on any atom is -0.370 e. The number of imidazole rings is 1. The van der Waals surface area contributed by atoms with Gasteiger partial charge in [-0.3, -0.25) is 0 Å². The van der Waals surface area contributed by atoms with Gasteiger partial charge in [-0.1, -0.05) is 35.9 Å². The number of aromatic nitrogens is 3. The molecule has 0 aliphatic carbocycles. The molecule has 0 N–H and O–H groups in total. The van der Waals surface area contributed by atoms with E-state index in [-0.39, 0.29) is 0 Å². The molecule has 156 valence electrons. The van der Waals surface area contributed by atoms with Gasteiger partial charge in [0, 0.05) is 23.3 Å². The molecule has 0 saturated heterocycles. The second kappa shape index (κ2) is 9.89. The van der Waals surface area contributed by atoms with Gasteiger partial charge >= 0.3 is 0 Å². The molecule has 0 fully saturated rings. The highest BCUT2D eigenvalue weighted by molar-refractivity contribution is 6.30. The van der Waals surface area contributed by atoms with Crippen LogP contribution in [0.2, 0.25) is 5.02 Å². The third kappa shape index (κ3) is 5.01. The summed E-state index contributed by atoms with van der Waals surface area (Å²) in [6.45, 7) is 1.32. The number of benzene rings is 2. The normalized spacial score (nSPS) is 10.5. The topological polar surface area (TPSA) is 87.5 Å². The smallest absolute Gasteiger partial charge is 0.141 e. The molecule has 2 aromatic carbocycles. The maximum Gasteiger partial charge on any atom is 0.141 e. The highest BCUT2D eigenvalue weighted by Crippen LogP contribution is 2.27. The third-order valence-electron chi connectivity index (χ3n) is 4.98. The molecule has 2 heterocycles. The average molecular weight is 440 g/mol. The van der Waals surface area contributed by atoms with Crippen LogP contribution >= 0.6 is 11.6 Å². The summed E-state index contributed by atoms with van der Waals surface area (Å²) in [5, 5.41) is 18.8. The van der Waals surface area contributed by atoms with E-state index >= 15 is 0 Å². The summed E-state index contributed by atoms with van der Waals surface area (Å²) in [7, 11) is 0. The fourth-order valence-electron chi connectivity index (χ4n) is 3.34. The minimum absolute atomic E-state index is 0.322. The lowest BCUT2D eigenvalue weighted by Gasteiger charge is -2.12. The van der Waals surface area contributed by atoms with E-state index in [1.807, 2.05) is 41.0 Å². The Labute approximate surface area is 190 Å². The summed E-state index contributed by atoms with van der Waals surface area (Å²) in [5.41, 5.74) is 5.61. The number of halogens is 1. The Kier molecular flexibility index (Phi) is 6.57. The molecule has 7 heteroatoms. The highest BCUT2D eigenvalue weighted by atomic mass is 35.5. The molecule has 0 radical (unpaired) electrons. The van der Waals surface area contributed by atoms with Crippen molar-refractivity contribution in [2.75, 3.05) is 0 Å². The van der Waals surface area contributed by atoms with Gasteiger partial charge in [-0.2, -0.15) is 10.5 Å². The van der Waals surface area contributed by atoms with E-state index in [0.29, 0.717) is 36.0 Å². The van der Waals surface area contributed by atoms with Gasteiger partial charge in [-0.15, -0.1) is 0 Å². The first-order chi connectivity index (χ1) is 15.7. The zero-order chi connectivity index (χ0) is 22.3. The van der Waals surface area contributed by atoms with Crippen molar-refractivity contribution >= 4 is 11.6 Å². The predicted octanol–water partition coefficient (Wildman–Crippen LogP) is 5.11. The summed E-state index contributed by atoms with van der Waals surface area (Å²) in [6, 6.07) is 20.9. The largest absolute Gasteiger partial charge is 0.370 e. The van der Waals surface area contributed by atoms with Crippen molar-refractivity contribution in [3.8, 4) is 23.3 Å². The van der Waals surface area contributed by atoms with E-state index in [2.05, 4.69) is 22.1 Å². The second-order valence-electron chi connectivity index (χ2n) is 7.16. The van der Waals surface area contributed by atoms with Gasteiger partial charge in [0.1, 0.15) is 11.8 Å². The van der Waals surface area contributed by atoms with Crippen LogP contribution in [0.5, 0.6) is 0 Å². The van der Waals surface area contributed by atoms with Crippen molar-refractivity contribution in [3.63, 3.8) is 0 Å². The van der Waals surface area contributed by atoms with E-state index in [1.54, 1.807) is 36.9 Å². The van der Waals surface area contributed by atoms with Gasteiger partial charge in [-0.05, 0) is 47.0 Å². The number of hydrogen-bond donors (Lipinski definition) is 0. The number of pyridine rings is 1. The Morgan fingerprint density at radius 2 is 1.81 bits per heavy atom. The lowest BCUT2D eigenvalue weighted by atomic mass is 10.0. The molecular formula is C25H18ClN5O. The summed E-state index contributed by atoms with van der Waals surface area (Å²) in [4.78, 5) is 8.44. The van der Waals surface area contributed by atoms with Crippen LogP contribution in [0.15, 0.2) is 73.3 Å². The Balaban J connectivity index is 1.47. The molecule has 0 unspecified atom stereocenters. The first-order valence-corrected chi connectivity index (χ1v) is 10.2. The van der Waals surface area contributed by atoms with Crippen LogP contribution in [0.4, 0.5) is 0 Å². The number of nitrogens with zero attached hydrogens (tertiary/aromatic N) is 5. The second-order valence-corrected chi connectivity index (χ2v) is 7.60. The molecule has 2 aromatic heterocycles. The summed E-state index contributed by atoms with van der Waals surface area (Å²) in [6.07, 6.45) is 5.21. The molecule has 0 spiro atoms. The van der Waals surface area contributed by atoms with Gasteiger partial charge in [0.25, 0.3) is 0 Å². The standard InChI is InChI=1S/C25H18ClN5O/c26-22-3-1-2-20(8-22)25-9-23(11-28)30-12-21(25)15-32-16-24-13-29-17-31(24)14-19-6-4-18(10-27)5-7-19/h1-9,12-13,17H,14-16H2. The molecule has 0 bridgehead atoms. The van der Waals surface area contributed by atoms with Crippen LogP contribution in [-0.2, 0) is 24.5 Å². The Morgan fingerprint density at radius 3 is 2.56 bits per heavy atom. The van der Waals surface area contributed by atoms with Crippen molar-refractivity contribution < 1.29 is 4.74 Å². The SMILES string of the molecule is N#Cc1ccc(Cn2cncc2COCc2cnc(C#N)cc2-c2cccc(Cl)c2)cc1. The van der Waals surface area contributed by atoms with Crippen molar-refractivity contribution in [2.24, 2.45) is 0 Å². The van der Waals surface area contributed by atoms with Gasteiger partial charge in [0.2, 0.25) is 0 Å². The molecular weight excluding hydrogens is 422 g/mol. The maximum atomic E-state index is 9.24. The van der Waals surface area contributed by atoms with Crippen molar-refractivity contribution in [1.82, 2.24) is 14.5 Å². The Bertz CT molecular complexity index is 1320. The van der Waals surface area contributed by atoms with Gasteiger partial charge in [-0.25, -0.2) is 9.97 Å². The summed E-state index contributed by atoms with van der Waals surface area (Å²) < 4.78 is 8.00. The van der Waals surface area contributed by atoms with Crippen LogP contribution in [0.25, 0.3) is 11.1 Å². The molecule has 0 saturated carbocycles. The van der Waals surface area contributed by atoms with Crippen LogP contribution in [0.3, 0.4) is 0 Å². The van der Waals surface area contributed by atoms with Gasteiger partial charge in [0.15, 0.2) is 0 Å². The van der Waals surface area contributed by atoms with E-state index in [4.69, 9.17) is 21.6 Å². The number of rotatable bonds is 7. The van der Waals surface area contributed by atoms with E-state index in [0.717, 1.165) is 27.9 Å². The van der Waals surface area contributed by atoms with Crippen molar-refractivity contribution in [3.05, 3.63) is 106 Å². The molecule has 0 aliphatic heterocycles. The molecule has 32 heavy (non-hydrogen) atoms. The fourth-order valence-corrected chi connectivity index (χ4v) is 3.53. The molecule has 4 rings (SSSR count). The van der Waals surface area contributed by atoms with Crippen LogP contribution < -0.4 is 0 Å². The van der Waals surface area contributed by atoms with Crippen molar-refractivity contribution in [2.45, 2.75) is 19.8 Å². The van der Waals surface area contributed by atoms with E-state index in [9.17, 15) is 5.26 Å². The molecule has 0 aliphatic rings. The molecule has 4 aromatic rings. The Morgan fingerprint density at radius 1 is 0.969 bits per heavy atom. The predicted molar refractivity (Wildman–Crippen MR) is 120 cm³/mol. The van der Waals surface area contributed by atoms with Crippen LogP contribution in [0, 0.1) is 22.7 Å². The van der Waals surface area contributed by atoms with Crippen LogP contribution in [0.1, 0.15) is 28.1 Å². The molecule has 0 amide bonds. The quantitative estimate of drug-likeness (QED) is 0.399. The van der Waals surface area contributed by atoms with Crippen molar-refractivity contribution in [1.29, 1.82) is 10.5 Å². The molecule has 6 nitrogen and oxygen atoms in total. The summed E-state index contributed by atoms with van der Waals surface area (Å²) in [5.74, 6) is 0. The van der Waals surface area contributed by atoms with Gasteiger partial charge in [0.05, 0.1) is 43.1 Å². The number of nitriles is 2. The maximum absolute atomic E-state index is 9.24. The zero-order valence-corrected chi connectivity index (χ0v) is 17.8. The first-order valence-electron chi connectivity index (χ1n) is 9.87. The Hall–Kier alpha value is -3.97. The first kappa shape index (κ1) is 21.3. The van der Waals surface area contributed by atoms with Gasteiger partial charge < -0.3 is 9.30 Å². The number of ether oxygens (including phenoxy) is 1. The lowest BCUT2D eigenvalue weighted by molar-refractivity contribution is 0.102. The number of hydrogen-bond acceptors (Lipinski definition) is 5. The average Bonchev–Trinajstić information content (AvgIpc) is 3.26. The third-order valence-corrected chi connectivity index (χ3v) is 5.21. The highest BCUT2D eigenvalue weighted by Gasteiger charge is 2.10. The van der Waals surface area contributed by atoms with E-state index < -0.39 is 0 Å². The molecule has 0 atom stereocenters. The zero-order valence-electron chi connectivity index (χ0n) is 17.1. The monoisotopic (exact) mass is 439 g/mol. The minimum atomic E-state index is 0.322. The summed E-state index contributed by atoms with van der Waals surface area (Å²) >= 11 is 6.16. The van der Waals surface area contributed by atoms with Crippen LogP contribution in [-0.4, -0.2) is 14.5 Å². The fraction of sp³-hybridized carbons (Fsp3) is 0.120.